The van der Waals surface area contributed by atoms with Crippen LogP contribution in [0.25, 0.3) is 11.6 Å². The number of ether oxygens (including phenoxy) is 2. The van der Waals surface area contributed by atoms with E-state index in [4.69, 9.17) is 13.9 Å². The lowest BCUT2D eigenvalue weighted by Crippen LogP contribution is -2.04. The quantitative estimate of drug-likeness (QED) is 0.758. The Kier molecular flexibility index (Phi) is 4.74. The van der Waals surface area contributed by atoms with Gasteiger partial charge in [-0.15, -0.1) is 0 Å². The Labute approximate surface area is 122 Å². The molecule has 2 heterocycles. The summed E-state index contributed by atoms with van der Waals surface area (Å²) in [6, 6.07) is 1.91. The fourth-order valence-corrected chi connectivity index (χ4v) is 2.00. The average Bonchev–Trinajstić information content (AvgIpc) is 3.10. The van der Waals surface area contributed by atoms with Gasteiger partial charge in [-0.2, -0.15) is 5.10 Å². The standard InChI is InChI=1S/C14H19N3O4/c1-5-9-7-11(17(6-2)16-9)13-15-10(8-19-3)12(21-13)14(18)20-4/h7H,5-6,8H2,1-4H3. The number of carbonyl (C=O) groups is 1. The number of hydrogen-bond acceptors (Lipinski definition) is 6. The van der Waals surface area contributed by atoms with Crippen molar-refractivity contribution in [2.24, 2.45) is 0 Å². The number of aryl methyl sites for hydroxylation is 2. The van der Waals surface area contributed by atoms with Crippen LogP contribution in [-0.2, 0) is 29.0 Å². The molecular weight excluding hydrogens is 274 g/mol. The molecule has 0 unspecified atom stereocenters. The maximum Gasteiger partial charge on any atom is 0.376 e. The van der Waals surface area contributed by atoms with Crippen LogP contribution in [0.3, 0.4) is 0 Å². The van der Waals surface area contributed by atoms with Crippen LogP contribution < -0.4 is 0 Å². The van der Waals surface area contributed by atoms with Crippen molar-refractivity contribution < 1.29 is 18.7 Å². The highest BCUT2D eigenvalue weighted by atomic mass is 16.5. The van der Waals surface area contributed by atoms with E-state index in [0.717, 1.165) is 17.8 Å². The number of aromatic nitrogens is 3. The van der Waals surface area contributed by atoms with Gasteiger partial charge in [-0.05, 0) is 19.4 Å². The van der Waals surface area contributed by atoms with Crippen molar-refractivity contribution in [3.63, 3.8) is 0 Å². The third kappa shape index (κ3) is 2.97. The van der Waals surface area contributed by atoms with Gasteiger partial charge in [0.15, 0.2) is 0 Å². The van der Waals surface area contributed by atoms with Gasteiger partial charge >= 0.3 is 5.97 Å². The number of carbonyl (C=O) groups excluding carboxylic acids is 1. The first kappa shape index (κ1) is 15.2. The van der Waals surface area contributed by atoms with Crippen LogP contribution in [0.5, 0.6) is 0 Å². The summed E-state index contributed by atoms with van der Waals surface area (Å²) in [4.78, 5) is 16.1. The zero-order chi connectivity index (χ0) is 15.4. The Bertz CT molecular complexity index is 630. The molecule has 7 nitrogen and oxygen atoms in total. The predicted octanol–water partition coefficient (Wildman–Crippen LogP) is 2.05. The molecule has 2 rings (SSSR count). The predicted molar refractivity (Wildman–Crippen MR) is 74.8 cm³/mol. The molecule has 7 heteroatoms. The number of nitrogens with zero attached hydrogens (tertiary/aromatic N) is 3. The second-order valence-electron chi connectivity index (χ2n) is 4.41. The largest absolute Gasteiger partial charge is 0.463 e. The molecule has 2 aromatic rings. The lowest BCUT2D eigenvalue weighted by molar-refractivity contribution is 0.0559. The van der Waals surface area contributed by atoms with Crippen LogP contribution in [0.4, 0.5) is 0 Å². The van der Waals surface area contributed by atoms with Gasteiger partial charge in [0, 0.05) is 13.7 Å². The summed E-state index contributed by atoms with van der Waals surface area (Å²) < 4.78 is 17.1. The van der Waals surface area contributed by atoms with Gasteiger partial charge in [0.1, 0.15) is 11.4 Å². The summed E-state index contributed by atoms with van der Waals surface area (Å²) in [6.45, 7) is 4.87. The minimum Gasteiger partial charge on any atom is -0.463 e. The second kappa shape index (κ2) is 6.53. The summed E-state index contributed by atoms with van der Waals surface area (Å²) >= 11 is 0. The van der Waals surface area contributed by atoms with Crippen molar-refractivity contribution in [1.29, 1.82) is 0 Å². The fraction of sp³-hybridized carbons (Fsp3) is 0.500. The first-order chi connectivity index (χ1) is 10.1. The van der Waals surface area contributed by atoms with E-state index < -0.39 is 5.97 Å². The Balaban J connectivity index is 2.49. The van der Waals surface area contributed by atoms with Crippen LogP contribution in [0.1, 0.15) is 35.8 Å². The number of methoxy groups -OCH3 is 2. The van der Waals surface area contributed by atoms with Crippen molar-refractivity contribution in [1.82, 2.24) is 14.8 Å². The monoisotopic (exact) mass is 293 g/mol. The molecule has 0 amide bonds. The Morgan fingerprint density at radius 1 is 1.38 bits per heavy atom. The zero-order valence-corrected chi connectivity index (χ0v) is 12.7. The highest BCUT2D eigenvalue weighted by molar-refractivity contribution is 5.87. The molecular formula is C14H19N3O4. The molecule has 0 bridgehead atoms. The summed E-state index contributed by atoms with van der Waals surface area (Å²) in [5.74, 6) is -0.160. The van der Waals surface area contributed by atoms with E-state index in [1.165, 1.54) is 14.2 Å². The second-order valence-corrected chi connectivity index (χ2v) is 4.41. The third-order valence-corrected chi connectivity index (χ3v) is 3.06. The van der Waals surface area contributed by atoms with Crippen LogP contribution >= 0.6 is 0 Å². The summed E-state index contributed by atoms with van der Waals surface area (Å²) in [5.41, 5.74) is 2.10. The number of oxazole rings is 1. The molecule has 0 aliphatic carbocycles. The molecule has 114 valence electrons. The lowest BCUT2D eigenvalue weighted by Gasteiger charge is -1.99. The normalized spacial score (nSPS) is 10.9. The Morgan fingerprint density at radius 3 is 2.71 bits per heavy atom. The highest BCUT2D eigenvalue weighted by Crippen LogP contribution is 2.24. The molecule has 0 saturated carbocycles. The molecule has 0 radical (unpaired) electrons. The molecule has 0 fully saturated rings. The van der Waals surface area contributed by atoms with Crippen LogP contribution in [0.15, 0.2) is 10.5 Å². The Morgan fingerprint density at radius 2 is 2.14 bits per heavy atom. The molecule has 0 N–H and O–H groups in total. The van der Waals surface area contributed by atoms with E-state index in [1.54, 1.807) is 4.68 Å². The van der Waals surface area contributed by atoms with Gasteiger partial charge in [0.2, 0.25) is 11.7 Å². The van der Waals surface area contributed by atoms with E-state index in [-0.39, 0.29) is 12.4 Å². The first-order valence-electron chi connectivity index (χ1n) is 6.78. The van der Waals surface area contributed by atoms with Crippen molar-refractivity contribution >= 4 is 5.97 Å². The van der Waals surface area contributed by atoms with E-state index in [0.29, 0.717) is 18.1 Å². The molecule has 21 heavy (non-hydrogen) atoms. The number of esters is 1. The average molecular weight is 293 g/mol. The lowest BCUT2D eigenvalue weighted by atomic mass is 10.3. The minimum absolute atomic E-state index is 0.0660. The van der Waals surface area contributed by atoms with Gasteiger partial charge in [-0.3, -0.25) is 4.68 Å². The van der Waals surface area contributed by atoms with Gasteiger partial charge in [0.05, 0.1) is 19.4 Å². The van der Waals surface area contributed by atoms with Crippen molar-refractivity contribution in [3.05, 3.63) is 23.2 Å². The zero-order valence-electron chi connectivity index (χ0n) is 12.7. The minimum atomic E-state index is -0.570. The van der Waals surface area contributed by atoms with Crippen molar-refractivity contribution in [2.45, 2.75) is 33.4 Å². The van der Waals surface area contributed by atoms with Crippen LogP contribution in [0, 0.1) is 0 Å². The summed E-state index contributed by atoms with van der Waals surface area (Å²) in [6.07, 6.45) is 0.815. The topological polar surface area (TPSA) is 79.4 Å². The van der Waals surface area contributed by atoms with Crippen LogP contribution in [-0.4, -0.2) is 35.0 Å². The number of rotatable bonds is 6. The van der Waals surface area contributed by atoms with Crippen molar-refractivity contribution in [3.8, 4) is 11.6 Å². The van der Waals surface area contributed by atoms with E-state index in [1.807, 2.05) is 19.9 Å². The SMILES string of the molecule is CCc1cc(-c2nc(COC)c(C(=O)OC)o2)n(CC)n1. The molecule has 0 aromatic carbocycles. The maximum absolute atomic E-state index is 11.7. The summed E-state index contributed by atoms with van der Waals surface area (Å²) in [7, 11) is 2.83. The number of hydrogen-bond donors (Lipinski definition) is 0. The van der Waals surface area contributed by atoms with E-state index in [9.17, 15) is 4.79 Å². The van der Waals surface area contributed by atoms with Gasteiger partial charge in [-0.25, -0.2) is 9.78 Å². The Hall–Kier alpha value is -2.15. The first-order valence-corrected chi connectivity index (χ1v) is 6.78. The van der Waals surface area contributed by atoms with Crippen molar-refractivity contribution in [2.75, 3.05) is 14.2 Å². The summed E-state index contributed by atoms with van der Waals surface area (Å²) in [5, 5.41) is 4.44. The van der Waals surface area contributed by atoms with Crippen LogP contribution in [0.2, 0.25) is 0 Å². The highest BCUT2D eigenvalue weighted by Gasteiger charge is 2.23. The molecule has 0 atom stereocenters. The molecule has 0 aliphatic heterocycles. The van der Waals surface area contributed by atoms with Gasteiger partial charge < -0.3 is 13.9 Å². The maximum atomic E-state index is 11.7. The van der Waals surface area contributed by atoms with Gasteiger partial charge in [-0.1, -0.05) is 6.92 Å². The molecule has 2 aromatic heterocycles. The fourth-order valence-electron chi connectivity index (χ4n) is 2.00. The van der Waals surface area contributed by atoms with Gasteiger partial charge in [0.25, 0.3) is 0 Å². The molecule has 0 spiro atoms. The smallest absolute Gasteiger partial charge is 0.376 e. The molecule has 0 saturated heterocycles. The van der Waals surface area contributed by atoms with E-state index >= 15 is 0 Å². The van der Waals surface area contributed by atoms with E-state index in [2.05, 4.69) is 10.1 Å². The third-order valence-electron chi connectivity index (χ3n) is 3.06. The molecule has 0 aliphatic rings.